The van der Waals surface area contributed by atoms with Crippen molar-refractivity contribution in [2.75, 3.05) is 13.1 Å². The smallest absolute Gasteiger partial charge is 0.263 e. The number of piperidine rings is 1. The predicted molar refractivity (Wildman–Crippen MR) is 121 cm³/mol. The molecule has 0 radical (unpaired) electrons. The molecule has 2 aromatic rings. The van der Waals surface area contributed by atoms with E-state index in [-0.39, 0.29) is 29.5 Å². The number of nitrogens with one attached hydrogen (secondary N) is 1. The molecule has 0 unspecified atom stereocenters. The minimum atomic E-state index is -1.10. The van der Waals surface area contributed by atoms with Crippen molar-refractivity contribution in [1.29, 1.82) is 0 Å². The number of pyridine rings is 1. The monoisotopic (exact) mass is 435 g/mol. The number of aryl methyl sites for hydroxylation is 1. The average molecular weight is 436 g/mol. The molecule has 1 aliphatic heterocycles. The molecule has 4 rings (SSSR count). The van der Waals surface area contributed by atoms with Crippen LogP contribution in [-0.2, 0) is 17.4 Å². The first-order valence-electron chi connectivity index (χ1n) is 11.0. The van der Waals surface area contributed by atoms with Crippen molar-refractivity contribution in [3.05, 3.63) is 81.8 Å². The zero-order chi connectivity index (χ0) is 22.9. The van der Waals surface area contributed by atoms with Gasteiger partial charge >= 0.3 is 0 Å². The third kappa shape index (κ3) is 3.88. The molecule has 2 heterocycles. The molecule has 2 amide bonds. The van der Waals surface area contributed by atoms with E-state index in [0.717, 1.165) is 24.1 Å². The predicted octanol–water partition coefficient (Wildman–Crippen LogP) is 1.88. The fourth-order valence-corrected chi connectivity index (χ4v) is 4.67. The normalized spacial score (nSPS) is 23.3. The number of carbonyl (C=O) groups is 2. The van der Waals surface area contributed by atoms with Crippen molar-refractivity contribution in [3.8, 4) is 0 Å². The lowest BCUT2D eigenvalue weighted by atomic mass is 9.78. The molecule has 2 N–H and O–H groups in total. The lowest BCUT2D eigenvalue weighted by Gasteiger charge is -2.46. The summed E-state index contributed by atoms with van der Waals surface area (Å²) in [5.41, 5.74) is 0.0357. The number of hydrogen-bond donors (Lipinski definition) is 2. The van der Waals surface area contributed by atoms with E-state index in [2.05, 4.69) is 5.32 Å². The van der Waals surface area contributed by atoms with E-state index in [9.17, 15) is 19.5 Å². The lowest BCUT2D eigenvalue weighted by molar-refractivity contribution is -0.141. The lowest BCUT2D eigenvalue weighted by Crippen LogP contribution is -2.63. The second kappa shape index (κ2) is 8.74. The van der Waals surface area contributed by atoms with Crippen LogP contribution < -0.4 is 10.9 Å². The summed E-state index contributed by atoms with van der Waals surface area (Å²) >= 11 is 0. The summed E-state index contributed by atoms with van der Waals surface area (Å²) in [6.07, 6.45) is 4.81. The summed E-state index contributed by atoms with van der Waals surface area (Å²) in [5, 5.41) is 14.3. The van der Waals surface area contributed by atoms with Gasteiger partial charge in [0.15, 0.2) is 0 Å². The topological polar surface area (TPSA) is 91.6 Å². The Hall–Kier alpha value is -3.19. The Kier molecular flexibility index (Phi) is 6.02. The number of carbonyl (C=O) groups excluding carboxylic acids is 2. The highest BCUT2D eigenvalue weighted by Crippen LogP contribution is 2.35. The summed E-state index contributed by atoms with van der Waals surface area (Å²) in [4.78, 5) is 40.5. The van der Waals surface area contributed by atoms with Gasteiger partial charge in [0.25, 0.3) is 11.5 Å². The van der Waals surface area contributed by atoms with Crippen LogP contribution in [0.4, 0.5) is 0 Å². The first kappa shape index (κ1) is 22.0. The Labute approximate surface area is 187 Å². The average Bonchev–Trinajstić information content (AvgIpc) is 3.34. The van der Waals surface area contributed by atoms with E-state index >= 15 is 0 Å². The number of likely N-dealkylation sites (tertiary alicyclic amines) is 1. The van der Waals surface area contributed by atoms with Gasteiger partial charge in [-0.05, 0) is 43.9 Å². The van der Waals surface area contributed by atoms with Gasteiger partial charge in [0.05, 0.1) is 11.6 Å². The summed E-state index contributed by atoms with van der Waals surface area (Å²) in [6, 6.07) is 12.5. The van der Waals surface area contributed by atoms with Crippen molar-refractivity contribution < 1.29 is 14.7 Å². The fraction of sp³-hybridized carbons (Fsp3) is 0.400. The van der Waals surface area contributed by atoms with E-state index in [1.54, 1.807) is 24.9 Å². The van der Waals surface area contributed by atoms with Crippen LogP contribution in [0.1, 0.15) is 40.9 Å². The Bertz CT molecular complexity index is 1100. The van der Waals surface area contributed by atoms with Crippen LogP contribution >= 0.6 is 0 Å². The van der Waals surface area contributed by atoms with Crippen LogP contribution in [0.3, 0.4) is 0 Å². The van der Waals surface area contributed by atoms with Crippen molar-refractivity contribution >= 4 is 11.8 Å². The Morgan fingerprint density at radius 1 is 1.09 bits per heavy atom. The number of aromatic nitrogens is 1. The van der Waals surface area contributed by atoms with Crippen molar-refractivity contribution in [2.45, 2.75) is 37.8 Å². The van der Waals surface area contributed by atoms with Gasteiger partial charge in [-0.1, -0.05) is 42.5 Å². The zero-order valence-electron chi connectivity index (χ0n) is 18.5. The van der Waals surface area contributed by atoms with E-state index in [1.165, 1.54) is 10.6 Å². The van der Waals surface area contributed by atoms with Gasteiger partial charge in [-0.25, -0.2) is 0 Å². The van der Waals surface area contributed by atoms with Gasteiger partial charge in [0.2, 0.25) is 5.91 Å². The largest absolute Gasteiger partial charge is 0.388 e. The van der Waals surface area contributed by atoms with Crippen LogP contribution in [0.5, 0.6) is 0 Å². The van der Waals surface area contributed by atoms with Crippen molar-refractivity contribution in [2.24, 2.45) is 13.0 Å². The van der Waals surface area contributed by atoms with Gasteiger partial charge in [0, 0.05) is 31.7 Å². The third-order valence-corrected chi connectivity index (χ3v) is 6.83. The highest BCUT2D eigenvalue weighted by molar-refractivity contribution is 5.94. The summed E-state index contributed by atoms with van der Waals surface area (Å²) in [7, 11) is 1.62. The number of aliphatic hydroxyl groups is 1. The maximum absolute atomic E-state index is 13.2. The highest BCUT2D eigenvalue weighted by atomic mass is 16.3. The second-order valence-corrected chi connectivity index (χ2v) is 8.73. The molecular weight excluding hydrogens is 406 g/mol. The minimum Gasteiger partial charge on any atom is -0.388 e. The summed E-state index contributed by atoms with van der Waals surface area (Å²) in [6.45, 7) is 2.33. The number of β-amino-alcohol motifs (C(OH)–C–C–N with tert-alkyl or cyclic N) is 1. The number of aliphatic hydroxyl groups excluding tert-OH is 1. The molecule has 7 nitrogen and oxygen atoms in total. The van der Waals surface area contributed by atoms with E-state index in [0.29, 0.717) is 13.0 Å². The third-order valence-electron chi connectivity index (χ3n) is 6.83. The number of rotatable bonds is 4. The van der Waals surface area contributed by atoms with Crippen LogP contribution in [0.2, 0.25) is 0 Å². The van der Waals surface area contributed by atoms with E-state index < -0.39 is 17.6 Å². The number of hydrogen-bond acceptors (Lipinski definition) is 4. The van der Waals surface area contributed by atoms with Gasteiger partial charge in [-0.15, -0.1) is 0 Å². The van der Waals surface area contributed by atoms with E-state index in [1.807, 2.05) is 42.5 Å². The van der Waals surface area contributed by atoms with Crippen LogP contribution in [0.25, 0.3) is 0 Å². The molecule has 2 atom stereocenters. The number of nitrogens with zero attached hydrogens (tertiary/aromatic N) is 2. The fourth-order valence-electron chi connectivity index (χ4n) is 4.67. The SMILES string of the molecule is Cc1ccc(C(=O)N[C@@]2(c3ccccc3)CCN(C(=O)C3CC=CC3)C[C@H]2O)c(=O)n1C. The first-order chi connectivity index (χ1) is 15.3. The van der Waals surface area contributed by atoms with Gasteiger partial charge in [0.1, 0.15) is 5.56 Å². The standard InChI is InChI=1S/C25H29N3O4/c1-17-12-13-20(24(32)27(17)2)22(30)26-25(19-10-4-3-5-11-19)14-15-28(16-21(25)29)23(31)18-8-6-7-9-18/h3-7,10-13,18,21,29H,8-9,14-16H2,1-2H3,(H,26,30)/t21-,25-/m1/s1. The second-order valence-electron chi connectivity index (χ2n) is 8.73. The van der Waals surface area contributed by atoms with Crippen LogP contribution in [0.15, 0.2) is 59.4 Å². The maximum atomic E-state index is 13.2. The molecule has 1 fully saturated rings. The molecule has 1 aliphatic carbocycles. The number of allylic oxidation sites excluding steroid dienone is 2. The Morgan fingerprint density at radius 3 is 2.44 bits per heavy atom. The van der Waals surface area contributed by atoms with Gasteiger partial charge < -0.3 is 19.9 Å². The van der Waals surface area contributed by atoms with Gasteiger partial charge in [-0.3, -0.25) is 14.4 Å². The number of benzene rings is 1. The number of amides is 2. The van der Waals surface area contributed by atoms with Crippen molar-refractivity contribution in [3.63, 3.8) is 0 Å². The molecular formula is C25H29N3O4. The molecule has 168 valence electrons. The van der Waals surface area contributed by atoms with Crippen molar-refractivity contribution in [1.82, 2.24) is 14.8 Å². The summed E-state index contributed by atoms with van der Waals surface area (Å²) in [5.74, 6) is -0.570. The quantitative estimate of drug-likeness (QED) is 0.718. The molecule has 7 heteroatoms. The van der Waals surface area contributed by atoms with Crippen LogP contribution in [0, 0.1) is 12.8 Å². The highest BCUT2D eigenvalue weighted by Gasteiger charge is 2.46. The zero-order valence-corrected chi connectivity index (χ0v) is 18.5. The first-order valence-corrected chi connectivity index (χ1v) is 11.0. The molecule has 1 aromatic heterocycles. The van der Waals surface area contributed by atoms with E-state index in [4.69, 9.17) is 0 Å². The molecule has 0 saturated carbocycles. The van der Waals surface area contributed by atoms with Crippen LogP contribution in [-0.4, -0.2) is 45.6 Å². The molecule has 32 heavy (non-hydrogen) atoms. The Balaban J connectivity index is 1.63. The molecule has 0 spiro atoms. The molecule has 0 bridgehead atoms. The Morgan fingerprint density at radius 2 is 1.78 bits per heavy atom. The molecule has 1 saturated heterocycles. The maximum Gasteiger partial charge on any atom is 0.263 e. The molecule has 1 aromatic carbocycles. The minimum absolute atomic E-state index is 0.0242. The molecule has 2 aliphatic rings. The summed E-state index contributed by atoms with van der Waals surface area (Å²) < 4.78 is 1.43. The van der Waals surface area contributed by atoms with Gasteiger partial charge in [-0.2, -0.15) is 0 Å².